The van der Waals surface area contributed by atoms with E-state index in [4.69, 9.17) is 11.6 Å². The Morgan fingerprint density at radius 3 is 3.09 bits per heavy atom. The first-order chi connectivity index (χ1) is 10.6. The molecule has 0 bridgehead atoms. The van der Waals surface area contributed by atoms with Crippen molar-refractivity contribution in [2.45, 2.75) is 19.3 Å². The summed E-state index contributed by atoms with van der Waals surface area (Å²) in [6.45, 7) is 0.677. The van der Waals surface area contributed by atoms with Crippen LogP contribution in [0.4, 0.5) is 0 Å². The van der Waals surface area contributed by atoms with Crippen molar-refractivity contribution >= 4 is 40.3 Å². The number of hydrogen-bond acceptors (Lipinski definition) is 3. The molecular weight excluding hydrogens is 318 g/mol. The Kier molecular flexibility index (Phi) is 4.93. The lowest BCUT2D eigenvalue weighted by Crippen LogP contribution is -2.30. The Morgan fingerprint density at radius 2 is 2.32 bits per heavy atom. The summed E-state index contributed by atoms with van der Waals surface area (Å²) in [5.41, 5.74) is 1.85. The molecule has 1 fully saturated rings. The predicted octanol–water partition coefficient (Wildman–Crippen LogP) is 3.36. The van der Waals surface area contributed by atoms with Gasteiger partial charge in [-0.2, -0.15) is 11.8 Å². The number of hydrogen-bond donors (Lipinski definition) is 1. The molecule has 6 heteroatoms. The van der Waals surface area contributed by atoms with Gasteiger partial charge in [0.05, 0.1) is 16.8 Å². The van der Waals surface area contributed by atoms with Gasteiger partial charge in [0, 0.05) is 25.0 Å². The number of fused-ring (bicyclic) bond motifs is 1. The molecule has 0 saturated heterocycles. The van der Waals surface area contributed by atoms with E-state index in [-0.39, 0.29) is 5.91 Å². The summed E-state index contributed by atoms with van der Waals surface area (Å²) >= 11 is 7.73. The second kappa shape index (κ2) is 6.92. The molecule has 22 heavy (non-hydrogen) atoms. The van der Waals surface area contributed by atoms with Crippen molar-refractivity contribution < 1.29 is 4.79 Å². The van der Waals surface area contributed by atoms with Gasteiger partial charge in [0.15, 0.2) is 0 Å². The first-order valence-corrected chi connectivity index (χ1v) is 9.11. The largest absolute Gasteiger partial charge is 0.345 e. The molecule has 0 atom stereocenters. The Hall–Kier alpha value is -1.20. The number of thioether (sulfide) groups is 1. The van der Waals surface area contributed by atoms with Crippen molar-refractivity contribution in [1.82, 2.24) is 14.9 Å². The highest BCUT2D eigenvalue weighted by Gasteiger charge is 2.21. The van der Waals surface area contributed by atoms with Gasteiger partial charge in [-0.05, 0) is 42.7 Å². The van der Waals surface area contributed by atoms with Crippen LogP contribution in [0, 0.1) is 5.92 Å². The van der Waals surface area contributed by atoms with Gasteiger partial charge in [-0.25, -0.2) is 4.98 Å². The highest BCUT2D eigenvalue weighted by Crippen LogP contribution is 2.32. The van der Waals surface area contributed by atoms with E-state index < -0.39 is 0 Å². The van der Waals surface area contributed by atoms with Gasteiger partial charge < -0.3 is 9.88 Å². The third-order valence-electron chi connectivity index (χ3n) is 3.88. The van der Waals surface area contributed by atoms with Crippen molar-refractivity contribution in [2.75, 3.05) is 25.1 Å². The van der Waals surface area contributed by atoms with Gasteiger partial charge in [-0.3, -0.25) is 4.79 Å². The lowest BCUT2D eigenvalue weighted by Gasteiger charge is -2.16. The highest BCUT2D eigenvalue weighted by atomic mass is 35.5. The Morgan fingerprint density at radius 1 is 1.50 bits per heavy atom. The lowest BCUT2D eigenvalue weighted by molar-refractivity contribution is -0.127. The number of rotatable bonds is 7. The number of halogens is 1. The minimum absolute atomic E-state index is 0.199. The van der Waals surface area contributed by atoms with Gasteiger partial charge in [-0.1, -0.05) is 11.6 Å². The van der Waals surface area contributed by atoms with Gasteiger partial charge >= 0.3 is 0 Å². The SMILES string of the molecule is CN(CCc1nc2ccc(Cl)cc2[nH]1)C(=O)CSCC1CC1. The predicted molar refractivity (Wildman–Crippen MR) is 92.5 cm³/mol. The Bertz CT molecular complexity index is 668. The van der Waals surface area contributed by atoms with Gasteiger partial charge in [0.25, 0.3) is 0 Å². The molecule has 118 valence electrons. The number of likely N-dealkylation sites (N-methyl/N-ethyl adjacent to an activating group) is 1. The highest BCUT2D eigenvalue weighted by molar-refractivity contribution is 7.99. The fraction of sp³-hybridized carbons (Fsp3) is 0.500. The summed E-state index contributed by atoms with van der Waals surface area (Å²) in [5.74, 6) is 3.67. The third kappa shape index (κ3) is 4.17. The van der Waals surface area contributed by atoms with E-state index in [1.807, 2.05) is 25.2 Å². The van der Waals surface area contributed by atoms with E-state index >= 15 is 0 Å². The second-order valence-electron chi connectivity index (χ2n) is 5.87. The van der Waals surface area contributed by atoms with Crippen molar-refractivity contribution in [3.8, 4) is 0 Å². The number of H-pyrrole nitrogens is 1. The maximum atomic E-state index is 12.0. The summed E-state index contributed by atoms with van der Waals surface area (Å²) in [4.78, 5) is 21.6. The quantitative estimate of drug-likeness (QED) is 0.842. The average Bonchev–Trinajstić information content (AvgIpc) is 3.22. The maximum absolute atomic E-state index is 12.0. The van der Waals surface area contributed by atoms with Crippen LogP contribution in [0.3, 0.4) is 0 Å². The number of nitrogens with one attached hydrogen (secondary N) is 1. The van der Waals surface area contributed by atoms with Crippen LogP contribution in [-0.4, -0.2) is 45.9 Å². The minimum Gasteiger partial charge on any atom is -0.345 e. The molecule has 1 aromatic carbocycles. The number of benzene rings is 1. The van der Waals surface area contributed by atoms with Gasteiger partial charge in [0.1, 0.15) is 5.82 Å². The summed E-state index contributed by atoms with van der Waals surface area (Å²) in [6.07, 6.45) is 3.40. The molecule has 1 aliphatic carbocycles. The molecule has 1 aromatic heterocycles. The number of imidazole rings is 1. The monoisotopic (exact) mass is 337 g/mol. The van der Waals surface area contributed by atoms with E-state index in [2.05, 4.69) is 9.97 Å². The minimum atomic E-state index is 0.199. The van der Waals surface area contributed by atoms with Crippen LogP contribution < -0.4 is 0 Å². The molecule has 4 nitrogen and oxygen atoms in total. The summed E-state index contributed by atoms with van der Waals surface area (Å²) in [5, 5.41) is 0.697. The maximum Gasteiger partial charge on any atom is 0.232 e. The smallest absolute Gasteiger partial charge is 0.232 e. The van der Waals surface area contributed by atoms with E-state index in [9.17, 15) is 4.79 Å². The van der Waals surface area contributed by atoms with Crippen LogP contribution in [0.5, 0.6) is 0 Å². The normalized spacial score (nSPS) is 14.5. The number of nitrogens with zero attached hydrogens (tertiary/aromatic N) is 2. The fourth-order valence-corrected chi connectivity index (χ4v) is 3.61. The van der Waals surface area contributed by atoms with E-state index in [0.29, 0.717) is 17.3 Å². The van der Waals surface area contributed by atoms with E-state index in [1.165, 1.54) is 12.8 Å². The molecule has 1 N–H and O–H groups in total. The zero-order chi connectivity index (χ0) is 15.5. The molecule has 3 rings (SSSR count). The molecule has 0 spiro atoms. The number of amides is 1. The van der Waals surface area contributed by atoms with Crippen molar-refractivity contribution in [3.05, 3.63) is 29.0 Å². The van der Waals surface area contributed by atoms with Crippen molar-refractivity contribution in [2.24, 2.45) is 5.92 Å². The van der Waals surface area contributed by atoms with Crippen LogP contribution in [0.2, 0.25) is 5.02 Å². The third-order valence-corrected chi connectivity index (χ3v) is 5.27. The molecule has 0 unspecified atom stereocenters. The van der Waals surface area contributed by atoms with Crippen LogP contribution >= 0.6 is 23.4 Å². The summed E-state index contributed by atoms with van der Waals surface area (Å²) in [6, 6.07) is 5.61. The standard InChI is InChI=1S/C16H20ClN3OS/c1-20(16(21)10-22-9-11-2-3-11)7-6-15-18-13-5-4-12(17)8-14(13)19-15/h4-5,8,11H,2-3,6-7,9-10H2,1H3,(H,18,19). The average molecular weight is 338 g/mol. The van der Waals surface area contributed by atoms with E-state index in [0.717, 1.165) is 34.9 Å². The summed E-state index contributed by atoms with van der Waals surface area (Å²) in [7, 11) is 1.86. The number of carbonyl (C=O) groups excluding carboxylic acids is 1. The number of aromatic nitrogens is 2. The first-order valence-electron chi connectivity index (χ1n) is 7.57. The number of carbonyl (C=O) groups is 1. The van der Waals surface area contributed by atoms with Crippen LogP contribution in [0.1, 0.15) is 18.7 Å². The second-order valence-corrected chi connectivity index (χ2v) is 7.34. The van der Waals surface area contributed by atoms with Gasteiger partial charge in [0.2, 0.25) is 5.91 Å². The Balaban J connectivity index is 1.48. The molecule has 1 aliphatic rings. The van der Waals surface area contributed by atoms with Crippen molar-refractivity contribution in [3.63, 3.8) is 0 Å². The molecular formula is C16H20ClN3OS. The molecule has 1 heterocycles. The summed E-state index contributed by atoms with van der Waals surface area (Å²) < 4.78 is 0. The van der Waals surface area contributed by atoms with Crippen LogP contribution in [0.25, 0.3) is 11.0 Å². The van der Waals surface area contributed by atoms with Gasteiger partial charge in [-0.15, -0.1) is 0 Å². The zero-order valence-corrected chi connectivity index (χ0v) is 14.2. The Labute approximate surface area is 139 Å². The fourth-order valence-electron chi connectivity index (χ4n) is 2.26. The van der Waals surface area contributed by atoms with E-state index in [1.54, 1.807) is 16.7 Å². The van der Waals surface area contributed by atoms with Crippen LogP contribution in [-0.2, 0) is 11.2 Å². The molecule has 0 radical (unpaired) electrons. The number of aromatic amines is 1. The molecule has 1 amide bonds. The zero-order valence-electron chi connectivity index (χ0n) is 12.6. The first kappa shape index (κ1) is 15.7. The molecule has 2 aromatic rings. The molecule has 1 saturated carbocycles. The lowest BCUT2D eigenvalue weighted by atomic mass is 10.3. The topological polar surface area (TPSA) is 49.0 Å². The van der Waals surface area contributed by atoms with Crippen molar-refractivity contribution in [1.29, 1.82) is 0 Å². The van der Waals surface area contributed by atoms with Crippen LogP contribution in [0.15, 0.2) is 18.2 Å². The molecule has 0 aliphatic heterocycles.